The summed E-state index contributed by atoms with van der Waals surface area (Å²) in [6.07, 6.45) is 2.86. The fraction of sp³-hybridized carbons (Fsp3) is 0.350. The second-order valence-electron chi connectivity index (χ2n) is 6.74. The quantitative estimate of drug-likeness (QED) is 0.722. The summed E-state index contributed by atoms with van der Waals surface area (Å²) in [6.45, 7) is 0.793. The smallest absolute Gasteiger partial charge is 0.305 e. The fourth-order valence-corrected chi connectivity index (χ4v) is 3.04. The Morgan fingerprint density at radius 3 is 2.73 bits per heavy atom. The predicted molar refractivity (Wildman–Crippen MR) is 101 cm³/mol. The summed E-state index contributed by atoms with van der Waals surface area (Å²) in [4.78, 5) is 45.7. The predicted octanol–water partition coefficient (Wildman–Crippen LogP) is 2.24. The van der Waals surface area contributed by atoms with Crippen molar-refractivity contribution in [3.63, 3.8) is 0 Å². The van der Waals surface area contributed by atoms with E-state index in [1.807, 2.05) is 0 Å². The number of carbonyl (C=O) groups excluding carboxylic acids is 3. The van der Waals surface area contributed by atoms with Crippen LogP contribution in [0.3, 0.4) is 0 Å². The largest absolute Gasteiger partial charge is 0.469 e. The fourth-order valence-electron chi connectivity index (χ4n) is 3.04. The highest BCUT2D eigenvalue weighted by Crippen LogP contribution is 2.19. The number of hydrogen-bond acceptors (Lipinski definition) is 6. The van der Waals surface area contributed by atoms with Crippen molar-refractivity contribution >= 4 is 23.7 Å². The zero-order chi connectivity index (χ0) is 21.7. The van der Waals surface area contributed by atoms with E-state index < -0.39 is 17.5 Å². The van der Waals surface area contributed by atoms with Crippen molar-refractivity contribution in [3.8, 4) is 0 Å². The summed E-state index contributed by atoms with van der Waals surface area (Å²) in [5.74, 6) is -3.20. The Morgan fingerprint density at radius 2 is 2.00 bits per heavy atom. The monoisotopic (exact) mass is 418 g/mol. The van der Waals surface area contributed by atoms with E-state index in [4.69, 9.17) is 0 Å². The summed E-state index contributed by atoms with van der Waals surface area (Å²) < 4.78 is 30.9. The third-order valence-corrected chi connectivity index (χ3v) is 4.69. The van der Waals surface area contributed by atoms with Crippen molar-refractivity contribution in [3.05, 3.63) is 52.9 Å². The number of halogens is 2. The number of hydrogen-bond donors (Lipinski definition) is 1. The van der Waals surface area contributed by atoms with Gasteiger partial charge in [0.15, 0.2) is 11.6 Å². The molecule has 8 nitrogen and oxygen atoms in total. The molecule has 0 saturated carbocycles. The first-order chi connectivity index (χ1) is 14.4. The van der Waals surface area contributed by atoms with Gasteiger partial charge < -0.3 is 9.64 Å². The van der Waals surface area contributed by atoms with Crippen LogP contribution in [-0.4, -0.2) is 46.3 Å². The minimum atomic E-state index is -1.12. The standard InChI is InChI=1S/C20H20F2N4O4/c1-30-18(28)4-2-3-17(27)26-8-7-16-13(11-26)10-23-20(24-16)25-19(29)12-5-6-14(21)15(22)9-12/h5-6,9-10H,2-4,7-8,11H2,1H3,(H,23,24,25,29). The number of esters is 1. The first kappa shape index (κ1) is 21.3. The van der Waals surface area contributed by atoms with Crippen molar-refractivity contribution in [2.45, 2.75) is 32.2 Å². The molecule has 1 N–H and O–H groups in total. The van der Waals surface area contributed by atoms with Gasteiger partial charge in [-0.05, 0) is 24.6 Å². The van der Waals surface area contributed by atoms with Crippen LogP contribution in [0.2, 0.25) is 0 Å². The highest BCUT2D eigenvalue weighted by molar-refractivity contribution is 6.03. The van der Waals surface area contributed by atoms with Gasteiger partial charge in [0.05, 0.1) is 12.8 Å². The van der Waals surface area contributed by atoms with Gasteiger partial charge in [-0.25, -0.2) is 18.7 Å². The van der Waals surface area contributed by atoms with Crippen molar-refractivity contribution in [2.24, 2.45) is 0 Å². The number of benzene rings is 1. The zero-order valence-electron chi connectivity index (χ0n) is 16.3. The molecule has 0 fully saturated rings. The minimum Gasteiger partial charge on any atom is -0.469 e. The summed E-state index contributed by atoms with van der Waals surface area (Å²) >= 11 is 0. The van der Waals surface area contributed by atoms with E-state index in [0.29, 0.717) is 31.6 Å². The Labute approximate surface area is 171 Å². The van der Waals surface area contributed by atoms with Gasteiger partial charge in [-0.2, -0.15) is 0 Å². The topological polar surface area (TPSA) is 101 Å². The molecule has 1 aromatic heterocycles. The highest BCUT2D eigenvalue weighted by Gasteiger charge is 2.23. The van der Waals surface area contributed by atoms with E-state index in [-0.39, 0.29) is 36.2 Å². The van der Waals surface area contributed by atoms with E-state index in [1.165, 1.54) is 13.3 Å². The Kier molecular flexibility index (Phi) is 6.65. The molecular weight excluding hydrogens is 398 g/mol. The molecule has 0 bridgehead atoms. The molecule has 0 spiro atoms. The summed E-state index contributed by atoms with van der Waals surface area (Å²) in [6, 6.07) is 2.83. The number of nitrogens with zero attached hydrogens (tertiary/aromatic N) is 3. The van der Waals surface area contributed by atoms with Crippen LogP contribution < -0.4 is 5.32 Å². The van der Waals surface area contributed by atoms with Crippen LogP contribution in [0.5, 0.6) is 0 Å². The Balaban J connectivity index is 1.59. The van der Waals surface area contributed by atoms with Crippen LogP contribution in [0.1, 0.15) is 40.9 Å². The summed E-state index contributed by atoms with van der Waals surface area (Å²) in [5, 5.41) is 2.46. The molecule has 0 saturated heterocycles. The maximum absolute atomic E-state index is 13.3. The number of aromatic nitrogens is 2. The second-order valence-corrected chi connectivity index (χ2v) is 6.74. The summed E-state index contributed by atoms with van der Waals surface area (Å²) in [7, 11) is 1.31. The number of methoxy groups -OCH3 is 1. The number of carbonyl (C=O) groups is 3. The lowest BCUT2D eigenvalue weighted by Crippen LogP contribution is -2.36. The van der Waals surface area contributed by atoms with E-state index >= 15 is 0 Å². The van der Waals surface area contributed by atoms with Crippen molar-refractivity contribution in [2.75, 3.05) is 19.0 Å². The van der Waals surface area contributed by atoms with Gasteiger partial charge in [-0.15, -0.1) is 0 Å². The maximum Gasteiger partial charge on any atom is 0.305 e. The lowest BCUT2D eigenvalue weighted by molar-refractivity contribution is -0.141. The lowest BCUT2D eigenvalue weighted by Gasteiger charge is -2.28. The minimum absolute atomic E-state index is 0.0429. The molecule has 0 radical (unpaired) electrons. The average molecular weight is 418 g/mol. The zero-order valence-corrected chi connectivity index (χ0v) is 16.3. The molecule has 1 aromatic carbocycles. The maximum atomic E-state index is 13.3. The molecule has 3 rings (SSSR count). The van der Waals surface area contributed by atoms with Gasteiger partial charge >= 0.3 is 5.97 Å². The van der Waals surface area contributed by atoms with Crippen LogP contribution in [0.15, 0.2) is 24.4 Å². The van der Waals surface area contributed by atoms with Crippen LogP contribution in [0, 0.1) is 11.6 Å². The van der Waals surface area contributed by atoms with Gasteiger partial charge in [0.25, 0.3) is 5.91 Å². The van der Waals surface area contributed by atoms with Crippen molar-refractivity contribution in [1.82, 2.24) is 14.9 Å². The van der Waals surface area contributed by atoms with E-state index in [9.17, 15) is 23.2 Å². The molecule has 2 amide bonds. The third-order valence-electron chi connectivity index (χ3n) is 4.69. The molecule has 2 heterocycles. The number of anilines is 1. The lowest BCUT2D eigenvalue weighted by atomic mass is 10.1. The molecule has 0 unspecified atom stereocenters. The highest BCUT2D eigenvalue weighted by atomic mass is 19.2. The Bertz CT molecular complexity index is 983. The first-order valence-corrected chi connectivity index (χ1v) is 9.33. The molecule has 10 heteroatoms. The number of rotatable bonds is 6. The van der Waals surface area contributed by atoms with E-state index in [0.717, 1.165) is 23.8 Å². The van der Waals surface area contributed by atoms with Crippen LogP contribution >= 0.6 is 0 Å². The molecular formula is C20H20F2N4O4. The molecule has 158 valence electrons. The normalized spacial score (nSPS) is 12.8. The Hall–Kier alpha value is -3.43. The first-order valence-electron chi connectivity index (χ1n) is 9.33. The number of fused-ring (bicyclic) bond motifs is 1. The number of nitrogens with one attached hydrogen (secondary N) is 1. The van der Waals surface area contributed by atoms with Crippen LogP contribution in [0.25, 0.3) is 0 Å². The SMILES string of the molecule is COC(=O)CCCC(=O)N1CCc2nc(NC(=O)c3ccc(F)c(F)c3)ncc2C1. The molecule has 30 heavy (non-hydrogen) atoms. The van der Waals surface area contributed by atoms with Crippen molar-refractivity contribution in [1.29, 1.82) is 0 Å². The molecule has 0 atom stereocenters. The van der Waals surface area contributed by atoms with Crippen LogP contribution in [-0.2, 0) is 27.3 Å². The van der Waals surface area contributed by atoms with Gasteiger partial charge in [-0.3, -0.25) is 19.7 Å². The molecule has 2 aromatic rings. The van der Waals surface area contributed by atoms with Crippen LogP contribution in [0.4, 0.5) is 14.7 Å². The van der Waals surface area contributed by atoms with Gasteiger partial charge in [0.1, 0.15) is 0 Å². The van der Waals surface area contributed by atoms with Gasteiger partial charge in [-0.1, -0.05) is 0 Å². The third kappa shape index (κ3) is 5.13. The van der Waals surface area contributed by atoms with Crippen molar-refractivity contribution < 1.29 is 27.9 Å². The second kappa shape index (κ2) is 9.38. The number of ether oxygens (including phenoxy) is 1. The Morgan fingerprint density at radius 1 is 1.20 bits per heavy atom. The molecule has 0 aliphatic carbocycles. The summed E-state index contributed by atoms with van der Waals surface area (Å²) in [5.41, 5.74) is 1.40. The molecule has 1 aliphatic heterocycles. The average Bonchev–Trinajstić information content (AvgIpc) is 2.74. The molecule has 1 aliphatic rings. The van der Waals surface area contributed by atoms with E-state index in [2.05, 4.69) is 20.0 Å². The van der Waals surface area contributed by atoms with Gasteiger partial charge in [0, 0.05) is 49.7 Å². The number of amides is 2. The van der Waals surface area contributed by atoms with E-state index in [1.54, 1.807) is 4.90 Å². The van der Waals surface area contributed by atoms with Gasteiger partial charge in [0.2, 0.25) is 11.9 Å².